The van der Waals surface area contributed by atoms with Crippen molar-refractivity contribution in [3.8, 4) is 0 Å². The summed E-state index contributed by atoms with van der Waals surface area (Å²) in [6, 6.07) is 14.8. The Morgan fingerprint density at radius 2 is 1.84 bits per heavy atom. The zero-order chi connectivity index (χ0) is 17.8. The molecule has 25 heavy (non-hydrogen) atoms. The van der Waals surface area contributed by atoms with E-state index in [0.717, 1.165) is 5.56 Å². The van der Waals surface area contributed by atoms with E-state index in [1.165, 1.54) is 24.3 Å². The van der Waals surface area contributed by atoms with Crippen LogP contribution in [0.3, 0.4) is 0 Å². The van der Waals surface area contributed by atoms with Gasteiger partial charge in [0, 0.05) is 37.2 Å². The van der Waals surface area contributed by atoms with E-state index in [4.69, 9.17) is 0 Å². The first kappa shape index (κ1) is 16.6. The number of carbonyl (C=O) groups is 2. The lowest BCUT2D eigenvalue weighted by Crippen LogP contribution is -2.37. The Kier molecular flexibility index (Phi) is 4.74. The number of amides is 2. The fraction of sp³-hybridized carbons (Fsp3) is 0.222. The van der Waals surface area contributed by atoms with Crippen LogP contribution in [0.2, 0.25) is 0 Å². The Bertz CT molecular complexity index is 790. The summed E-state index contributed by atoms with van der Waals surface area (Å²) in [5, 5.41) is 13.5. The number of nitro groups is 1. The van der Waals surface area contributed by atoms with Crippen LogP contribution in [0.5, 0.6) is 0 Å². The van der Waals surface area contributed by atoms with Gasteiger partial charge in [-0.05, 0) is 17.7 Å². The van der Waals surface area contributed by atoms with Gasteiger partial charge in [0.2, 0.25) is 5.91 Å². The number of nitrogens with zero attached hydrogens (tertiary/aromatic N) is 2. The summed E-state index contributed by atoms with van der Waals surface area (Å²) < 4.78 is 0. The van der Waals surface area contributed by atoms with Crippen molar-refractivity contribution in [3.63, 3.8) is 0 Å². The Hall–Kier alpha value is -3.22. The van der Waals surface area contributed by atoms with Gasteiger partial charge in [-0.25, -0.2) is 0 Å². The lowest BCUT2D eigenvalue weighted by Gasteiger charge is -2.17. The number of carbonyl (C=O) groups excluding carboxylic acids is 2. The number of rotatable bonds is 5. The highest BCUT2D eigenvalue weighted by atomic mass is 16.6. The molecule has 1 atom stereocenters. The van der Waals surface area contributed by atoms with Crippen molar-refractivity contribution < 1.29 is 14.5 Å². The van der Waals surface area contributed by atoms with E-state index >= 15 is 0 Å². The van der Waals surface area contributed by atoms with Crippen LogP contribution < -0.4 is 5.32 Å². The Morgan fingerprint density at radius 1 is 1.16 bits per heavy atom. The van der Waals surface area contributed by atoms with Crippen molar-refractivity contribution in [3.05, 3.63) is 75.8 Å². The fourth-order valence-corrected chi connectivity index (χ4v) is 2.83. The monoisotopic (exact) mass is 339 g/mol. The van der Waals surface area contributed by atoms with Gasteiger partial charge < -0.3 is 10.2 Å². The van der Waals surface area contributed by atoms with Crippen molar-refractivity contribution in [1.29, 1.82) is 0 Å². The van der Waals surface area contributed by atoms with Crippen LogP contribution in [-0.4, -0.2) is 34.2 Å². The van der Waals surface area contributed by atoms with Crippen molar-refractivity contribution in [2.24, 2.45) is 0 Å². The summed E-state index contributed by atoms with van der Waals surface area (Å²) in [6.07, 6.45) is 0.256. The summed E-state index contributed by atoms with van der Waals surface area (Å²) in [7, 11) is 0. The standard InChI is InChI=1S/C18H17N3O4/c22-17-10-15(12-20(17)11-13-4-2-1-3-5-13)19-18(23)14-6-8-16(9-7-14)21(24)25/h1-9,15H,10-12H2,(H,19,23). The zero-order valence-electron chi connectivity index (χ0n) is 13.4. The third-order valence-corrected chi connectivity index (χ3v) is 4.11. The molecule has 1 aliphatic heterocycles. The molecule has 0 spiro atoms. The van der Waals surface area contributed by atoms with Gasteiger partial charge in [0.1, 0.15) is 0 Å². The maximum Gasteiger partial charge on any atom is 0.269 e. The van der Waals surface area contributed by atoms with E-state index in [2.05, 4.69) is 5.32 Å². The Labute approximate surface area is 144 Å². The van der Waals surface area contributed by atoms with E-state index in [1.54, 1.807) is 4.90 Å². The van der Waals surface area contributed by atoms with Crippen LogP contribution >= 0.6 is 0 Å². The number of benzene rings is 2. The molecule has 2 amide bonds. The minimum atomic E-state index is -0.515. The molecule has 1 fully saturated rings. The molecule has 2 aromatic carbocycles. The molecule has 1 aliphatic rings. The van der Waals surface area contributed by atoms with Gasteiger partial charge in [0.05, 0.1) is 11.0 Å². The van der Waals surface area contributed by atoms with Gasteiger partial charge in [-0.3, -0.25) is 19.7 Å². The Morgan fingerprint density at radius 3 is 2.48 bits per heavy atom. The van der Waals surface area contributed by atoms with E-state index in [1.807, 2.05) is 30.3 Å². The highest BCUT2D eigenvalue weighted by Gasteiger charge is 2.30. The minimum absolute atomic E-state index is 0.00199. The summed E-state index contributed by atoms with van der Waals surface area (Å²) >= 11 is 0. The smallest absolute Gasteiger partial charge is 0.269 e. The summed E-state index contributed by atoms with van der Waals surface area (Å²) in [5.74, 6) is -0.341. The molecule has 0 bridgehead atoms. The molecular weight excluding hydrogens is 322 g/mol. The maximum absolute atomic E-state index is 12.2. The minimum Gasteiger partial charge on any atom is -0.347 e. The number of non-ortho nitro benzene ring substituents is 1. The largest absolute Gasteiger partial charge is 0.347 e. The van der Waals surface area contributed by atoms with Crippen molar-refractivity contribution in [2.45, 2.75) is 19.0 Å². The van der Waals surface area contributed by atoms with E-state index in [0.29, 0.717) is 18.7 Å². The molecule has 0 aliphatic carbocycles. The molecule has 1 N–H and O–H groups in total. The normalized spacial score (nSPS) is 16.7. The zero-order valence-corrected chi connectivity index (χ0v) is 13.4. The van der Waals surface area contributed by atoms with Crippen LogP contribution in [0, 0.1) is 10.1 Å². The number of nitrogens with one attached hydrogen (secondary N) is 1. The van der Waals surface area contributed by atoms with Gasteiger partial charge in [0.15, 0.2) is 0 Å². The molecule has 128 valence electrons. The number of hydrogen-bond donors (Lipinski definition) is 1. The van der Waals surface area contributed by atoms with Gasteiger partial charge >= 0.3 is 0 Å². The number of nitro benzene ring substituents is 1. The number of hydrogen-bond acceptors (Lipinski definition) is 4. The van der Waals surface area contributed by atoms with E-state index in [-0.39, 0.29) is 30.0 Å². The van der Waals surface area contributed by atoms with Gasteiger partial charge in [-0.15, -0.1) is 0 Å². The first-order valence-corrected chi connectivity index (χ1v) is 7.90. The molecule has 3 rings (SSSR count). The van der Waals surface area contributed by atoms with Crippen LogP contribution in [0.15, 0.2) is 54.6 Å². The summed E-state index contributed by atoms with van der Waals surface area (Å²) in [4.78, 5) is 36.2. The number of likely N-dealkylation sites (tertiary alicyclic amines) is 1. The second-order valence-electron chi connectivity index (χ2n) is 5.94. The molecule has 1 unspecified atom stereocenters. The van der Waals surface area contributed by atoms with Crippen molar-refractivity contribution >= 4 is 17.5 Å². The van der Waals surface area contributed by atoms with Crippen LogP contribution in [0.25, 0.3) is 0 Å². The predicted octanol–water partition coefficient (Wildman–Crippen LogP) is 2.13. The Balaban J connectivity index is 1.59. The fourth-order valence-electron chi connectivity index (χ4n) is 2.83. The van der Waals surface area contributed by atoms with Crippen LogP contribution in [-0.2, 0) is 11.3 Å². The molecule has 0 radical (unpaired) electrons. The molecule has 1 saturated heterocycles. The van der Waals surface area contributed by atoms with Crippen LogP contribution in [0.4, 0.5) is 5.69 Å². The van der Waals surface area contributed by atoms with Gasteiger partial charge in [-0.2, -0.15) is 0 Å². The highest BCUT2D eigenvalue weighted by Crippen LogP contribution is 2.16. The molecule has 0 saturated carbocycles. The molecule has 7 nitrogen and oxygen atoms in total. The van der Waals surface area contributed by atoms with Crippen LogP contribution in [0.1, 0.15) is 22.3 Å². The second kappa shape index (κ2) is 7.12. The van der Waals surface area contributed by atoms with Gasteiger partial charge in [0.25, 0.3) is 11.6 Å². The summed E-state index contributed by atoms with van der Waals surface area (Å²) in [6.45, 7) is 0.968. The molecular formula is C18H17N3O4. The molecule has 1 heterocycles. The second-order valence-corrected chi connectivity index (χ2v) is 5.94. The molecule has 0 aromatic heterocycles. The topological polar surface area (TPSA) is 92.6 Å². The first-order valence-electron chi connectivity index (χ1n) is 7.90. The third kappa shape index (κ3) is 4.00. The maximum atomic E-state index is 12.2. The first-order chi connectivity index (χ1) is 12.0. The molecule has 7 heteroatoms. The van der Waals surface area contributed by atoms with Crippen molar-refractivity contribution in [2.75, 3.05) is 6.54 Å². The predicted molar refractivity (Wildman–Crippen MR) is 90.8 cm³/mol. The third-order valence-electron chi connectivity index (χ3n) is 4.11. The lowest BCUT2D eigenvalue weighted by molar-refractivity contribution is -0.384. The molecule has 2 aromatic rings. The van der Waals surface area contributed by atoms with Crippen molar-refractivity contribution in [1.82, 2.24) is 10.2 Å². The SMILES string of the molecule is O=C(NC1CC(=O)N(Cc2ccccc2)C1)c1ccc([N+](=O)[O-])cc1. The van der Waals surface area contributed by atoms with E-state index < -0.39 is 4.92 Å². The average Bonchev–Trinajstić information content (AvgIpc) is 2.95. The quantitative estimate of drug-likeness (QED) is 0.667. The summed E-state index contributed by atoms with van der Waals surface area (Å²) in [5.41, 5.74) is 1.30. The average molecular weight is 339 g/mol. The highest BCUT2D eigenvalue weighted by molar-refractivity contribution is 5.95. The van der Waals surface area contributed by atoms with Gasteiger partial charge in [-0.1, -0.05) is 30.3 Å². The lowest BCUT2D eigenvalue weighted by atomic mass is 10.1. The van der Waals surface area contributed by atoms with E-state index in [9.17, 15) is 19.7 Å².